The summed E-state index contributed by atoms with van der Waals surface area (Å²) in [6.07, 6.45) is 1.51. The standard InChI is InChI=1S/C10H14N2O4/c13-6-1-2-8(14)7(5-6)12-4-3-9(15)11-10(12)16/h3-4,6-8,13-14H,1-2,5H2,(H,11,15,16)/t6-,7-,8?/m0/s1. The molecule has 0 aromatic carbocycles. The molecule has 0 radical (unpaired) electrons. The second kappa shape index (κ2) is 4.23. The Morgan fingerprint density at radius 1 is 1.31 bits per heavy atom. The second-order valence-corrected chi connectivity index (χ2v) is 4.12. The molecule has 3 N–H and O–H groups in total. The highest BCUT2D eigenvalue weighted by atomic mass is 16.3. The minimum absolute atomic E-state index is 0.327. The average molecular weight is 226 g/mol. The zero-order chi connectivity index (χ0) is 11.7. The van der Waals surface area contributed by atoms with E-state index >= 15 is 0 Å². The first kappa shape index (κ1) is 11.1. The molecule has 1 aliphatic rings. The Labute approximate surface area is 91.2 Å². The molecule has 0 bridgehead atoms. The predicted octanol–water partition coefficient (Wildman–Crippen LogP) is -1.02. The number of nitrogens with zero attached hydrogens (tertiary/aromatic N) is 1. The lowest BCUT2D eigenvalue weighted by Crippen LogP contribution is -2.40. The molecule has 1 aliphatic carbocycles. The molecule has 0 spiro atoms. The topological polar surface area (TPSA) is 95.3 Å². The van der Waals surface area contributed by atoms with Gasteiger partial charge in [-0.25, -0.2) is 4.79 Å². The van der Waals surface area contributed by atoms with Crippen LogP contribution in [0.4, 0.5) is 0 Å². The van der Waals surface area contributed by atoms with E-state index in [9.17, 15) is 19.8 Å². The van der Waals surface area contributed by atoms with E-state index in [-0.39, 0.29) is 0 Å². The van der Waals surface area contributed by atoms with Crippen LogP contribution in [-0.4, -0.2) is 32.0 Å². The van der Waals surface area contributed by atoms with Crippen molar-refractivity contribution in [1.29, 1.82) is 0 Å². The van der Waals surface area contributed by atoms with Crippen LogP contribution in [0.1, 0.15) is 25.3 Å². The normalized spacial score (nSPS) is 30.2. The Balaban J connectivity index is 2.35. The number of nitrogens with one attached hydrogen (secondary N) is 1. The third-order valence-corrected chi connectivity index (χ3v) is 2.96. The highest BCUT2D eigenvalue weighted by Crippen LogP contribution is 2.27. The van der Waals surface area contributed by atoms with Crippen molar-refractivity contribution in [3.63, 3.8) is 0 Å². The van der Waals surface area contributed by atoms with Crippen LogP contribution in [-0.2, 0) is 0 Å². The maximum atomic E-state index is 11.5. The van der Waals surface area contributed by atoms with Crippen molar-refractivity contribution in [2.24, 2.45) is 0 Å². The quantitative estimate of drug-likeness (QED) is 0.571. The summed E-state index contributed by atoms with van der Waals surface area (Å²) < 4.78 is 1.27. The Hall–Kier alpha value is -1.40. The van der Waals surface area contributed by atoms with Crippen LogP contribution in [0.2, 0.25) is 0 Å². The molecule has 1 unspecified atom stereocenters. The second-order valence-electron chi connectivity index (χ2n) is 4.12. The zero-order valence-corrected chi connectivity index (χ0v) is 8.67. The Bertz CT molecular complexity index is 478. The summed E-state index contributed by atoms with van der Waals surface area (Å²) in [4.78, 5) is 24.5. The molecule has 6 nitrogen and oxygen atoms in total. The lowest BCUT2D eigenvalue weighted by Gasteiger charge is -2.31. The Morgan fingerprint density at radius 3 is 2.75 bits per heavy atom. The van der Waals surface area contributed by atoms with Crippen LogP contribution in [0.25, 0.3) is 0 Å². The van der Waals surface area contributed by atoms with Gasteiger partial charge in [-0.1, -0.05) is 0 Å². The summed E-state index contributed by atoms with van der Waals surface area (Å²) in [7, 11) is 0. The molecule has 1 heterocycles. The van der Waals surface area contributed by atoms with Gasteiger partial charge in [0.1, 0.15) is 0 Å². The third-order valence-electron chi connectivity index (χ3n) is 2.96. The van der Waals surface area contributed by atoms with Gasteiger partial charge in [-0.2, -0.15) is 0 Å². The molecule has 1 saturated carbocycles. The molecule has 16 heavy (non-hydrogen) atoms. The van der Waals surface area contributed by atoms with Gasteiger partial charge >= 0.3 is 5.69 Å². The van der Waals surface area contributed by atoms with E-state index in [2.05, 4.69) is 4.98 Å². The molecule has 6 heteroatoms. The number of aromatic nitrogens is 2. The molecular weight excluding hydrogens is 212 g/mol. The third kappa shape index (κ3) is 2.07. The SMILES string of the molecule is O=c1ccn([C@H]2C[C@@H](O)CCC2O)c(=O)[nH]1. The highest BCUT2D eigenvalue weighted by Gasteiger charge is 2.29. The van der Waals surface area contributed by atoms with Crippen LogP contribution in [0, 0.1) is 0 Å². The maximum absolute atomic E-state index is 11.5. The van der Waals surface area contributed by atoms with Crippen LogP contribution in [0.3, 0.4) is 0 Å². The fourth-order valence-corrected chi connectivity index (χ4v) is 2.10. The molecule has 1 fully saturated rings. The first-order valence-electron chi connectivity index (χ1n) is 5.25. The number of H-pyrrole nitrogens is 1. The van der Waals surface area contributed by atoms with E-state index in [1.54, 1.807) is 0 Å². The first-order chi connectivity index (χ1) is 7.58. The summed E-state index contributed by atoms with van der Waals surface area (Å²) in [5.41, 5.74) is -1.02. The van der Waals surface area contributed by atoms with Gasteiger partial charge in [0.2, 0.25) is 0 Å². The van der Waals surface area contributed by atoms with Gasteiger partial charge in [0.25, 0.3) is 5.56 Å². The molecule has 3 atom stereocenters. The summed E-state index contributed by atoms with van der Waals surface area (Å²) in [6, 6.07) is 0.767. The van der Waals surface area contributed by atoms with E-state index in [1.165, 1.54) is 16.8 Å². The number of hydrogen-bond acceptors (Lipinski definition) is 4. The number of rotatable bonds is 1. The number of aliphatic hydroxyl groups is 2. The lowest BCUT2D eigenvalue weighted by atomic mass is 9.90. The van der Waals surface area contributed by atoms with E-state index in [0.29, 0.717) is 19.3 Å². The zero-order valence-electron chi connectivity index (χ0n) is 8.67. The van der Waals surface area contributed by atoms with Crippen LogP contribution in [0.5, 0.6) is 0 Å². The van der Waals surface area contributed by atoms with Crippen molar-refractivity contribution in [1.82, 2.24) is 9.55 Å². The molecule has 1 aromatic heterocycles. The van der Waals surface area contributed by atoms with Gasteiger partial charge in [-0.15, -0.1) is 0 Å². The van der Waals surface area contributed by atoms with Crippen LogP contribution >= 0.6 is 0 Å². The minimum Gasteiger partial charge on any atom is -0.393 e. The summed E-state index contributed by atoms with van der Waals surface area (Å²) in [5, 5.41) is 19.3. The number of aromatic amines is 1. The van der Waals surface area contributed by atoms with Crippen molar-refractivity contribution in [3.8, 4) is 0 Å². The van der Waals surface area contributed by atoms with Gasteiger partial charge in [-0.3, -0.25) is 14.3 Å². The summed E-state index contributed by atoms with van der Waals surface area (Å²) in [6.45, 7) is 0. The predicted molar refractivity (Wildman–Crippen MR) is 56.2 cm³/mol. The lowest BCUT2D eigenvalue weighted by molar-refractivity contribution is 0.0109. The molecule has 1 aromatic rings. The first-order valence-corrected chi connectivity index (χ1v) is 5.25. The van der Waals surface area contributed by atoms with Gasteiger partial charge in [0.05, 0.1) is 18.2 Å². The fraction of sp³-hybridized carbons (Fsp3) is 0.600. The van der Waals surface area contributed by atoms with Gasteiger partial charge in [0, 0.05) is 12.3 Å². The van der Waals surface area contributed by atoms with E-state index < -0.39 is 29.5 Å². The molecule has 0 amide bonds. The van der Waals surface area contributed by atoms with E-state index in [1.807, 2.05) is 0 Å². The molecular formula is C10H14N2O4. The van der Waals surface area contributed by atoms with Crippen molar-refractivity contribution >= 4 is 0 Å². The summed E-state index contributed by atoms with van der Waals surface area (Å²) >= 11 is 0. The molecule has 0 saturated heterocycles. The van der Waals surface area contributed by atoms with Crippen molar-refractivity contribution in [2.45, 2.75) is 37.5 Å². The van der Waals surface area contributed by atoms with Gasteiger partial charge < -0.3 is 10.2 Å². The van der Waals surface area contributed by atoms with Crippen molar-refractivity contribution in [3.05, 3.63) is 33.1 Å². The Kier molecular flexibility index (Phi) is 2.93. The van der Waals surface area contributed by atoms with E-state index in [4.69, 9.17) is 0 Å². The maximum Gasteiger partial charge on any atom is 0.328 e. The largest absolute Gasteiger partial charge is 0.393 e. The van der Waals surface area contributed by atoms with Crippen LogP contribution in [0.15, 0.2) is 21.9 Å². The van der Waals surface area contributed by atoms with E-state index in [0.717, 1.165) is 0 Å². The Morgan fingerprint density at radius 2 is 2.06 bits per heavy atom. The monoisotopic (exact) mass is 226 g/mol. The fourth-order valence-electron chi connectivity index (χ4n) is 2.10. The number of hydrogen-bond donors (Lipinski definition) is 3. The molecule has 0 aliphatic heterocycles. The van der Waals surface area contributed by atoms with Gasteiger partial charge in [0.15, 0.2) is 0 Å². The van der Waals surface area contributed by atoms with Gasteiger partial charge in [-0.05, 0) is 19.3 Å². The highest BCUT2D eigenvalue weighted by molar-refractivity contribution is 4.91. The van der Waals surface area contributed by atoms with Crippen LogP contribution < -0.4 is 11.2 Å². The summed E-state index contributed by atoms with van der Waals surface area (Å²) in [5.74, 6) is 0. The smallest absolute Gasteiger partial charge is 0.328 e. The molecule has 88 valence electrons. The van der Waals surface area contributed by atoms with Crippen molar-refractivity contribution in [2.75, 3.05) is 0 Å². The molecule has 2 rings (SSSR count). The van der Waals surface area contributed by atoms with Crippen molar-refractivity contribution < 1.29 is 10.2 Å². The average Bonchev–Trinajstić information content (AvgIpc) is 2.22. The minimum atomic E-state index is -0.660. The number of aliphatic hydroxyl groups excluding tert-OH is 2.